The minimum atomic E-state index is 0.188. The van der Waals surface area contributed by atoms with Crippen LogP contribution in [-0.4, -0.2) is 37.5 Å². The number of likely N-dealkylation sites (N-methyl/N-ethyl adjacent to an activating group) is 1. The summed E-state index contributed by atoms with van der Waals surface area (Å²) in [6.45, 7) is 4.71. The fourth-order valence-electron chi connectivity index (χ4n) is 2.34. The van der Waals surface area contributed by atoms with Gasteiger partial charge in [-0.05, 0) is 31.9 Å². The van der Waals surface area contributed by atoms with Gasteiger partial charge >= 0.3 is 0 Å². The second-order valence-corrected chi connectivity index (χ2v) is 5.19. The van der Waals surface area contributed by atoms with E-state index in [2.05, 4.69) is 36.5 Å². The van der Waals surface area contributed by atoms with Crippen LogP contribution in [-0.2, 0) is 11.2 Å². The molecule has 0 aromatic heterocycles. The molecule has 0 bridgehead atoms. The summed E-state index contributed by atoms with van der Waals surface area (Å²) in [5.41, 5.74) is 2.57. The quantitative estimate of drug-likeness (QED) is 0.875. The first kappa shape index (κ1) is 13.1. The van der Waals surface area contributed by atoms with Crippen LogP contribution in [0.4, 0.5) is 0 Å². The highest BCUT2D eigenvalue weighted by Crippen LogP contribution is 2.11. The maximum absolute atomic E-state index is 12.1. The molecule has 1 saturated heterocycles. The van der Waals surface area contributed by atoms with E-state index < -0.39 is 0 Å². The summed E-state index contributed by atoms with van der Waals surface area (Å²) < 4.78 is 0. The van der Waals surface area contributed by atoms with Gasteiger partial charge in [0.25, 0.3) is 0 Å². The summed E-state index contributed by atoms with van der Waals surface area (Å²) in [5.74, 6) is 0.472. The van der Waals surface area contributed by atoms with Crippen molar-refractivity contribution in [3.8, 4) is 0 Å². The average Bonchev–Trinajstić information content (AvgIpc) is 2.90. The summed E-state index contributed by atoms with van der Waals surface area (Å²) in [6.07, 6.45) is 1.91. The Kier molecular flexibility index (Phi) is 4.37. The molecule has 0 spiro atoms. The molecule has 1 aromatic rings. The molecular formula is C15H22N2O. The standard InChI is InChI=1S/C15H22N2O/c1-12-3-5-13(6-4-12)8-10-17(2)15(18)14-7-9-16-11-14/h3-6,14,16H,7-11H2,1-2H3. The van der Waals surface area contributed by atoms with Crippen molar-refractivity contribution in [2.45, 2.75) is 19.8 Å². The molecule has 18 heavy (non-hydrogen) atoms. The molecule has 2 rings (SSSR count). The third-order valence-electron chi connectivity index (χ3n) is 3.64. The number of carbonyl (C=O) groups excluding carboxylic acids is 1. The molecule has 1 amide bonds. The van der Waals surface area contributed by atoms with E-state index in [0.717, 1.165) is 32.5 Å². The Morgan fingerprint density at radius 3 is 2.72 bits per heavy atom. The van der Waals surface area contributed by atoms with Crippen LogP contribution in [0.15, 0.2) is 24.3 Å². The number of amides is 1. The number of rotatable bonds is 4. The van der Waals surface area contributed by atoms with Crippen molar-refractivity contribution < 1.29 is 4.79 Å². The van der Waals surface area contributed by atoms with Crippen molar-refractivity contribution in [2.24, 2.45) is 5.92 Å². The molecule has 0 saturated carbocycles. The molecule has 1 aliphatic rings. The zero-order valence-electron chi connectivity index (χ0n) is 11.3. The van der Waals surface area contributed by atoms with Gasteiger partial charge in [0.15, 0.2) is 0 Å². The highest BCUT2D eigenvalue weighted by atomic mass is 16.2. The van der Waals surface area contributed by atoms with Crippen LogP contribution >= 0.6 is 0 Å². The van der Waals surface area contributed by atoms with Crippen molar-refractivity contribution >= 4 is 5.91 Å². The van der Waals surface area contributed by atoms with E-state index in [1.54, 1.807) is 0 Å². The lowest BCUT2D eigenvalue weighted by atomic mass is 10.1. The number of nitrogens with zero attached hydrogens (tertiary/aromatic N) is 1. The number of carbonyl (C=O) groups is 1. The maximum atomic E-state index is 12.1. The normalized spacial score (nSPS) is 18.9. The summed E-state index contributed by atoms with van der Waals surface area (Å²) in [6, 6.07) is 8.53. The fourth-order valence-corrected chi connectivity index (χ4v) is 2.34. The van der Waals surface area contributed by atoms with Gasteiger partial charge in [-0.15, -0.1) is 0 Å². The predicted molar refractivity (Wildman–Crippen MR) is 73.5 cm³/mol. The molecule has 1 unspecified atom stereocenters. The topological polar surface area (TPSA) is 32.3 Å². The summed E-state index contributed by atoms with van der Waals surface area (Å²) in [7, 11) is 1.91. The third-order valence-corrected chi connectivity index (χ3v) is 3.64. The molecule has 1 fully saturated rings. The molecule has 98 valence electrons. The van der Waals surface area contributed by atoms with Gasteiger partial charge in [-0.3, -0.25) is 4.79 Å². The predicted octanol–water partition coefficient (Wildman–Crippen LogP) is 1.61. The van der Waals surface area contributed by atoms with Crippen LogP contribution < -0.4 is 5.32 Å². The van der Waals surface area contributed by atoms with Gasteiger partial charge in [0.1, 0.15) is 0 Å². The molecule has 1 N–H and O–H groups in total. The molecule has 3 nitrogen and oxygen atoms in total. The summed E-state index contributed by atoms with van der Waals surface area (Å²) >= 11 is 0. The van der Waals surface area contributed by atoms with E-state index in [4.69, 9.17) is 0 Å². The average molecular weight is 246 g/mol. The Labute approximate surface area is 109 Å². The Bertz CT molecular complexity index is 393. The van der Waals surface area contributed by atoms with Crippen LogP contribution in [0.2, 0.25) is 0 Å². The minimum Gasteiger partial charge on any atom is -0.345 e. The van der Waals surface area contributed by atoms with E-state index >= 15 is 0 Å². The molecule has 3 heteroatoms. The third kappa shape index (κ3) is 3.33. The smallest absolute Gasteiger partial charge is 0.226 e. The zero-order valence-corrected chi connectivity index (χ0v) is 11.3. The summed E-state index contributed by atoms with van der Waals surface area (Å²) in [5, 5.41) is 3.24. The maximum Gasteiger partial charge on any atom is 0.226 e. The lowest BCUT2D eigenvalue weighted by molar-refractivity contribution is -0.133. The van der Waals surface area contributed by atoms with Gasteiger partial charge in [-0.2, -0.15) is 0 Å². The number of benzene rings is 1. The number of aryl methyl sites for hydroxylation is 1. The summed E-state index contributed by atoms with van der Waals surface area (Å²) in [4.78, 5) is 14.0. The van der Waals surface area contributed by atoms with Crippen molar-refractivity contribution in [2.75, 3.05) is 26.7 Å². The molecule has 1 aromatic carbocycles. The Balaban J connectivity index is 1.82. The van der Waals surface area contributed by atoms with E-state index in [-0.39, 0.29) is 11.8 Å². The molecule has 0 aliphatic carbocycles. The Morgan fingerprint density at radius 1 is 1.39 bits per heavy atom. The first-order valence-electron chi connectivity index (χ1n) is 6.68. The van der Waals surface area contributed by atoms with E-state index in [0.29, 0.717) is 0 Å². The van der Waals surface area contributed by atoms with Crippen molar-refractivity contribution in [3.05, 3.63) is 35.4 Å². The van der Waals surface area contributed by atoms with Crippen molar-refractivity contribution in [1.82, 2.24) is 10.2 Å². The molecule has 1 heterocycles. The van der Waals surface area contributed by atoms with Gasteiger partial charge in [0.2, 0.25) is 5.91 Å². The molecule has 0 radical (unpaired) electrons. The van der Waals surface area contributed by atoms with Crippen LogP contribution in [0.3, 0.4) is 0 Å². The number of nitrogens with one attached hydrogen (secondary N) is 1. The van der Waals surface area contributed by atoms with Gasteiger partial charge in [0, 0.05) is 20.1 Å². The lowest BCUT2D eigenvalue weighted by Gasteiger charge is -2.20. The largest absolute Gasteiger partial charge is 0.345 e. The first-order valence-corrected chi connectivity index (χ1v) is 6.68. The van der Waals surface area contributed by atoms with Crippen LogP contribution in [0.5, 0.6) is 0 Å². The van der Waals surface area contributed by atoms with E-state index in [9.17, 15) is 4.79 Å². The Hall–Kier alpha value is -1.35. The van der Waals surface area contributed by atoms with Gasteiger partial charge in [-0.25, -0.2) is 0 Å². The Morgan fingerprint density at radius 2 is 2.11 bits per heavy atom. The van der Waals surface area contributed by atoms with Crippen molar-refractivity contribution in [1.29, 1.82) is 0 Å². The highest BCUT2D eigenvalue weighted by Gasteiger charge is 2.24. The van der Waals surface area contributed by atoms with Gasteiger partial charge in [0.05, 0.1) is 5.92 Å². The monoisotopic (exact) mass is 246 g/mol. The van der Waals surface area contributed by atoms with Crippen LogP contribution in [0.1, 0.15) is 17.5 Å². The number of hydrogen-bond donors (Lipinski definition) is 1. The van der Waals surface area contributed by atoms with Crippen LogP contribution in [0, 0.1) is 12.8 Å². The van der Waals surface area contributed by atoms with Crippen molar-refractivity contribution in [3.63, 3.8) is 0 Å². The van der Waals surface area contributed by atoms with Gasteiger partial charge < -0.3 is 10.2 Å². The molecule has 1 aliphatic heterocycles. The van der Waals surface area contributed by atoms with E-state index in [1.165, 1.54) is 11.1 Å². The zero-order chi connectivity index (χ0) is 13.0. The number of hydrogen-bond acceptors (Lipinski definition) is 2. The lowest BCUT2D eigenvalue weighted by Crippen LogP contribution is -2.35. The SMILES string of the molecule is Cc1ccc(CCN(C)C(=O)C2CCNC2)cc1. The first-order chi connectivity index (χ1) is 8.66. The highest BCUT2D eigenvalue weighted by molar-refractivity contribution is 5.79. The van der Waals surface area contributed by atoms with Gasteiger partial charge in [-0.1, -0.05) is 29.8 Å². The fraction of sp³-hybridized carbons (Fsp3) is 0.533. The van der Waals surface area contributed by atoms with E-state index in [1.807, 2.05) is 11.9 Å². The minimum absolute atomic E-state index is 0.188. The second kappa shape index (κ2) is 6.01. The molecule has 1 atom stereocenters. The second-order valence-electron chi connectivity index (χ2n) is 5.19. The molecular weight excluding hydrogens is 224 g/mol. The van der Waals surface area contributed by atoms with Crippen LogP contribution in [0.25, 0.3) is 0 Å².